The van der Waals surface area contributed by atoms with E-state index in [0.717, 1.165) is 12.0 Å². The van der Waals surface area contributed by atoms with E-state index in [1.54, 1.807) is 7.05 Å². The molecule has 1 aromatic carbocycles. The summed E-state index contributed by atoms with van der Waals surface area (Å²) in [5, 5.41) is 0. The van der Waals surface area contributed by atoms with Crippen LogP contribution in [0.1, 0.15) is 6.92 Å². The van der Waals surface area contributed by atoms with Gasteiger partial charge in [-0.1, -0.05) is 18.2 Å². The molecule has 0 aliphatic carbocycles. The number of likely N-dealkylation sites (N-methyl/N-ethyl adjacent to an activating group) is 1. The van der Waals surface area contributed by atoms with Crippen LogP contribution in [0.25, 0.3) is 0 Å². The maximum absolute atomic E-state index is 11.9. The van der Waals surface area contributed by atoms with Gasteiger partial charge in [-0.3, -0.25) is 4.79 Å². The first-order valence-electron chi connectivity index (χ1n) is 6.20. The molecule has 0 saturated heterocycles. The molecular formula is C13H20N2O4S. The van der Waals surface area contributed by atoms with Crippen LogP contribution in [-0.2, 0) is 14.8 Å². The van der Waals surface area contributed by atoms with Gasteiger partial charge in [-0.15, -0.1) is 0 Å². The Morgan fingerprint density at radius 2 is 1.95 bits per heavy atom. The Bertz CT molecular complexity index is 531. The van der Waals surface area contributed by atoms with Gasteiger partial charge in [0.2, 0.25) is 15.9 Å². The molecule has 0 bridgehead atoms. The van der Waals surface area contributed by atoms with E-state index in [1.807, 2.05) is 30.3 Å². The molecule has 7 heteroatoms. The average molecular weight is 300 g/mol. The number of carbonyl (C=O) groups is 1. The summed E-state index contributed by atoms with van der Waals surface area (Å²) in [6.07, 6.45) is 1.02. The number of sulfonamides is 1. The maximum atomic E-state index is 11.9. The summed E-state index contributed by atoms with van der Waals surface area (Å²) in [7, 11) is -1.79. The molecule has 112 valence electrons. The summed E-state index contributed by atoms with van der Waals surface area (Å²) < 4.78 is 29.8. The fourth-order valence-corrected chi connectivity index (χ4v) is 2.37. The fraction of sp³-hybridized carbons (Fsp3) is 0.462. The van der Waals surface area contributed by atoms with Crippen LogP contribution in [0.15, 0.2) is 30.3 Å². The van der Waals surface area contributed by atoms with E-state index < -0.39 is 16.1 Å². The van der Waals surface area contributed by atoms with Gasteiger partial charge in [-0.2, -0.15) is 0 Å². The molecule has 1 rings (SSSR count). The summed E-state index contributed by atoms with van der Waals surface area (Å²) >= 11 is 0. The molecule has 0 fully saturated rings. The van der Waals surface area contributed by atoms with Crippen LogP contribution in [-0.4, -0.2) is 51.7 Å². The Balaban J connectivity index is 2.38. The molecule has 0 saturated carbocycles. The molecule has 1 amide bonds. The number of hydrogen-bond acceptors (Lipinski definition) is 4. The Labute approximate surface area is 119 Å². The second-order valence-corrected chi connectivity index (χ2v) is 6.31. The van der Waals surface area contributed by atoms with E-state index in [9.17, 15) is 13.2 Å². The monoisotopic (exact) mass is 300 g/mol. The number of ether oxygens (including phenoxy) is 1. The third-order valence-corrected chi connectivity index (χ3v) is 3.36. The van der Waals surface area contributed by atoms with Crippen molar-refractivity contribution in [3.8, 4) is 5.75 Å². The first kappa shape index (κ1) is 16.5. The molecule has 1 aromatic rings. The van der Waals surface area contributed by atoms with Gasteiger partial charge < -0.3 is 9.64 Å². The van der Waals surface area contributed by atoms with Crippen LogP contribution < -0.4 is 9.46 Å². The maximum Gasteiger partial charge on any atom is 0.240 e. The molecule has 0 heterocycles. The van der Waals surface area contributed by atoms with Crippen LogP contribution in [0.2, 0.25) is 0 Å². The Hall–Kier alpha value is -1.60. The lowest BCUT2D eigenvalue weighted by Crippen LogP contribution is -2.46. The van der Waals surface area contributed by atoms with Crippen molar-refractivity contribution >= 4 is 15.9 Å². The lowest BCUT2D eigenvalue weighted by Gasteiger charge is -2.21. The third kappa shape index (κ3) is 6.03. The van der Waals surface area contributed by atoms with Gasteiger partial charge in [0.25, 0.3) is 0 Å². The molecule has 0 aliphatic heterocycles. The molecule has 20 heavy (non-hydrogen) atoms. The average Bonchev–Trinajstić information content (AvgIpc) is 2.37. The van der Waals surface area contributed by atoms with Crippen LogP contribution in [0.3, 0.4) is 0 Å². The van der Waals surface area contributed by atoms with Crippen molar-refractivity contribution in [2.24, 2.45) is 0 Å². The first-order chi connectivity index (χ1) is 9.29. The summed E-state index contributed by atoms with van der Waals surface area (Å²) in [6, 6.07) is 8.49. The molecule has 0 radical (unpaired) electrons. The number of para-hydroxylation sites is 1. The smallest absolute Gasteiger partial charge is 0.240 e. The van der Waals surface area contributed by atoms with Gasteiger partial charge in [0, 0.05) is 7.05 Å². The second kappa shape index (κ2) is 7.25. The van der Waals surface area contributed by atoms with Crippen molar-refractivity contribution in [2.75, 3.05) is 26.5 Å². The molecular weight excluding hydrogens is 280 g/mol. The SMILES string of the molecule is CC(NS(C)(=O)=O)C(=O)N(C)CCOc1ccccc1. The van der Waals surface area contributed by atoms with Crippen LogP contribution >= 0.6 is 0 Å². The molecule has 0 spiro atoms. The molecule has 1 unspecified atom stereocenters. The highest BCUT2D eigenvalue weighted by molar-refractivity contribution is 7.88. The van der Waals surface area contributed by atoms with Crippen molar-refractivity contribution in [1.29, 1.82) is 0 Å². The first-order valence-corrected chi connectivity index (χ1v) is 8.09. The second-order valence-electron chi connectivity index (χ2n) is 4.53. The minimum Gasteiger partial charge on any atom is -0.492 e. The highest BCUT2D eigenvalue weighted by atomic mass is 32.2. The molecule has 0 aliphatic rings. The van der Waals surface area contributed by atoms with Crippen LogP contribution in [0.4, 0.5) is 0 Å². The summed E-state index contributed by atoms with van der Waals surface area (Å²) in [5.41, 5.74) is 0. The van der Waals surface area contributed by atoms with Crippen molar-refractivity contribution in [3.05, 3.63) is 30.3 Å². The number of nitrogens with zero attached hydrogens (tertiary/aromatic N) is 1. The van der Waals surface area contributed by atoms with Crippen molar-refractivity contribution in [3.63, 3.8) is 0 Å². The standard InChI is InChI=1S/C13H20N2O4S/c1-11(14-20(3,17)18)13(16)15(2)9-10-19-12-7-5-4-6-8-12/h4-8,11,14H,9-10H2,1-3H3. The number of nitrogens with one attached hydrogen (secondary N) is 1. The van der Waals surface area contributed by atoms with E-state index in [4.69, 9.17) is 4.74 Å². The normalized spacial score (nSPS) is 12.8. The van der Waals surface area contributed by atoms with Crippen LogP contribution in [0, 0.1) is 0 Å². The van der Waals surface area contributed by atoms with Crippen molar-refractivity contribution in [1.82, 2.24) is 9.62 Å². The number of amides is 1. The number of carbonyl (C=O) groups excluding carboxylic acids is 1. The Morgan fingerprint density at radius 1 is 1.35 bits per heavy atom. The lowest BCUT2D eigenvalue weighted by molar-refractivity contribution is -0.131. The quantitative estimate of drug-likeness (QED) is 0.794. The van der Waals surface area contributed by atoms with Crippen molar-refractivity contribution < 1.29 is 17.9 Å². The third-order valence-electron chi connectivity index (χ3n) is 2.58. The lowest BCUT2D eigenvalue weighted by atomic mass is 10.3. The zero-order valence-electron chi connectivity index (χ0n) is 11.9. The number of benzene rings is 1. The summed E-state index contributed by atoms with van der Waals surface area (Å²) in [5.74, 6) is 0.433. The summed E-state index contributed by atoms with van der Waals surface area (Å²) in [6.45, 7) is 2.24. The molecule has 0 aromatic heterocycles. The number of hydrogen-bond donors (Lipinski definition) is 1. The molecule has 1 N–H and O–H groups in total. The van der Waals surface area contributed by atoms with E-state index in [2.05, 4.69) is 4.72 Å². The van der Waals surface area contributed by atoms with E-state index >= 15 is 0 Å². The zero-order chi connectivity index (χ0) is 15.2. The minimum absolute atomic E-state index is 0.299. The Morgan fingerprint density at radius 3 is 2.50 bits per heavy atom. The highest BCUT2D eigenvalue weighted by Crippen LogP contribution is 2.07. The van der Waals surface area contributed by atoms with Gasteiger partial charge in [-0.05, 0) is 19.1 Å². The largest absolute Gasteiger partial charge is 0.492 e. The minimum atomic E-state index is -3.39. The van der Waals surface area contributed by atoms with Gasteiger partial charge in [0.15, 0.2) is 0 Å². The fourth-order valence-electron chi connectivity index (χ4n) is 1.63. The van der Waals surface area contributed by atoms with Gasteiger partial charge >= 0.3 is 0 Å². The van der Waals surface area contributed by atoms with Gasteiger partial charge in [0.1, 0.15) is 12.4 Å². The predicted octanol–water partition coefficient (Wildman–Crippen LogP) is 0.462. The van der Waals surface area contributed by atoms with Gasteiger partial charge in [-0.25, -0.2) is 13.1 Å². The zero-order valence-corrected chi connectivity index (χ0v) is 12.7. The van der Waals surface area contributed by atoms with E-state index in [0.29, 0.717) is 13.2 Å². The van der Waals surface area contributed by atoms with E-state index in [1.165, 1.54) is 11.8 Å². The predicted molar refractivity (Wildman–Crippen MR) is 77.0 cm³/mol. The summed E-state index contributed by atoms with van der Waals surface area (Å²) in [4.78, 5) is 13.3. The Kier molecular flexibility index (Phi) is 5.97. The van der Waals surface area contributed by atoms with Gasteiger partial charge in [0.05, 0.1) is 18.8 Å². The van der Waals surface area contributed by atoms with Crippen LogP contribution in [0.5, 0.6) is 5.75 Å². The molecule has 1 atom stereocenters. The highest BCUT2D eigenvalue weighted by Gasteiger charge is 2.20. The topological polar surface area (TPSA) is 75.7 Å². The van der Waals surface area contributed by atoms with E-state index in [-0.39, 0.29) is 5.91 Å². The van der Waals surface area contributed by atoms with Crippen molar-refractivity contribution in [2.45, 2.75) is 13.0 Å². The molecule has 6 nitrogen and oxygen atoms in total. The number of rotatable bonds is 7.